The molecule has 0 saturated heterocycles. The predicted octanol–water partition coefficient (Wildman–Crippen LogP) is 1.68. The lowest BCUT2D eigenvalue weighted by Crippen LogP contribution is -2.35. The molecule has 1 aromatic rings. The van der Waals surface area contributed by atoms with Crippen LogP contribution in [0.25, 0.3) is 0 Å². The van der Waals surface area contributed by atoms with Crippen LogP contribution in [0, 0.1) is 5.82 Å². The van der Waals surface area contributed by atoms with E-state index in [-0.39, 0.29) is 16.8 Å². The number of hydrogen-bond donors (Lipinski definition) is 2. The van der Waals surface area contributed by atoms with Crippen LogP contribution >= 0.6 is 11.6 Å². The van der Waals surface area contributed by atoms with Gasteiger partial charge in [-0.25, -0.2) is 17.5 Å². The Labute approximate surface area is 124 Å². The number of nitrogen functional groups attached to an aromatic ring is 1. The molecule has 0 bridgehead atoms. The number of rotatable bonds is 6. The van der Waals surface area contributed by atoms with Crippen molar-refractivity contribution in [3.63, 3.8) is 0 Å². The summed E-state index contributed by atoms with van der Waals surface area (Å²) in [5.41, 5.74) is 5.60. The highest BCUT2D eigenvalue weighted by Crippen LogP contribution is 2.25. The zero-order valence-corrected chi connectivity index (χ0v) is 13.2. The van der Waals surface area contributed by atoms with Crippen molar-refractivity contribution in [1.82, 2.24) is 9.62 Å². The minimum absolute atomic E-state index is 0.0951. The Morgan fingerprint density at radius 3 is 2.60 bits per heavy atom. The minimum atomic E-state index is -3.99. The molecule has 1 atom stereocenters. The lowest BCUT2D eigenvalue weighted by atomic mass is 10.2. The minimum Gasteiger partial charge on any atom is -0.399 e. The van der Waals surface area contributed by atoms with Crippen LogP contribution in [0.2, 0.25) is 5.02 Å². The van der Waals surface area contributed by atoms with Crippen molar-refractivity contribution >= 4 is 27.3 Å². The number of nitrogens with two attached hydrogens (primary N) is 1. The molecule has 0 fully saturated rings. The maximum absolute atomic E-state index is 13.8. The fraction of sp³-hybridized carbons (Fsp3) is 0.500. The quantitative estimate of drug-likeness (QED) is 0.781. The molecule has 0 aliphatic carbocycles. The van der Waals surface area contributed by atoms with E-state index in [1.54, 1.807) is 6.92 Å². The standard InChI is InChI=1S/C12H19ClFN3O2S/c1-8(4-5-17(2)3)16-20(18,19)11-7-9(15)6-10(13)12(11)14/h6-8,16H,4-5,15H2,1-3H3. The molecule has 1 rings (SSSR count). The lowest BCUT2D eigenvalue weighted by Gasteiger charge is -2.17. The molecule has 0 spiro atoms. The summed E-state index contributed by atoms with van der Waals surface area (Å²) in [6.45, 7) is 2.43. The van der Waals surface area contributed by atoms with Gasteiger partial charge >= 0.3 is 0 Å². The van der Waals surface area contributed by atoms with Gasteiger partial charge in [-0.15, -0.1) is 0 Å². The average molecular weight is 324 g/mol. The lowest BCUT2D eigenvalue weighted by molar-refractivity contribution is 0.378. The Balaban J connectivity index is 2.94. The van der Waals surface area contributed by atoms with Gasteiger partial charge in [-0.05, 0) is 46.1 Å². The van der Waals surface area contributed by atoms with Crippen LogP contribution in [0.1, 0.15) is 13.3 Å². The Morgan fingerprint density at radius 2 is 2.05 bits per heavy atom. The van der Waals surface area contributed by atoms with Crippen LogP contribution in [0.5, 0.6) is 0 Å². The summed E-state index contributed by atoms with van der Waals surface area (Å²) in [7, 11) is -0.216. The first-order valence-corrected chi connectivity index (χ1v) is 7.91. The van der Waals surface area contributed by atoms with E-state index in [2.05, 4.69) is 4.72 Å². The second-order valence-electron chi connectivity index (χ2n) is 4.93. The van der Waals surface area contributed by atoms with Crippen LogP contribution in [0.3, 0.4) is 0 Å². The van der Waals surface area contributed by atoms with Gasteiger partial charge in [0.2, 0.25) is 10.0 Å². The first-order valence-electron chi connectivity index (χ1n) is 6.05. The van der Waals surface area contributed by atoms with E-state index in [9.17, 15) is 12.8 Å². The van der Waals surface area contributed by atoms with Gasteiger partial charge in [-0.3, -0.25) is 0 Å². The first-order chi connectivity index (χ1) is 9.13. The molecule has 1 aromatic carbocycles. The van der Waals surface area contributed by atoms with Gasteiger partial charge < -0.3 is 10.6 Å². The van der Waals surface area contributed by atoms with E-state index in [0.717, 1.165) is 6.07 Å². The molecule has 5 nitrogen and oxygen atoms in total. The van der Waals surface area contributed by atoms with Gasteiger partial charge in [0.1, 0.15) is 4.90 Å². The zero-order valence-electron chi connectivity index (χ0n) is 11.7. The molecule has 0 aliphatic rings. The molecule has 20 heavy (non-hydrogen) atoms. The maximum Gasteiger partial charge on any atom is 0.243 e. The molecule has 0 amide bonds. The Bertz CT molecular complexity index is 578. The van der Waals surface area contributed by atoms with Gasteiger partial charge in [-0.2, -0.15) is 0 Å². The Morgan fingerprint density at radius 1 is 1.45 bits per heavy atom. The van der Waals surface area contributed by atoms with Crippen molar-refractivity contribution in [3.8, 4) is 0 Å². The van der Waals surface area contributed by atoms with Crippen molar-refractivity contribution < 1.29 is 12.8 Å². The molecule has 8 heteroatoms. The van der Waals surface area contributed by atoms with Gasteiger partial charge in [0.05, 0.1) is 5.02 Å². The third-order valence-electron chi connectivity index (χ3n) is 2.67. The number of anilines is 1. The van der Waals surface area contributed by atoms with Crippen LogP contribution in [0.4, 0.5) is 10.1 Å². The van der Waals surface area contributed by atoms with Crippen molar-refractivity contribution in [3.05, 3.63) is 23.0 Å². The molecule has 3 N–H and O–H groups in total. The van der Waals surface area contributed by atoms with Crippen LogP contribution in [-0.2, 0) is 10.0 Å². The van der Waals surface area contributed by atoms with E-state index >= 15 is 0 Å². The molecular weight excluding hydrogens is 305 g/mol. The van der Waals surface area contributed by atoms with E-state index in [1.165, 1.54) is 6.07 Å². The van der Waals surface area contributed by atoms with Crippen LogP contribution in [-0.4, -0.2) is 40.0 Å². The summed E-state index contributed by atoms with van der Waals surface area (Å²) in [6, 6.07) is 1.90. The summed E-state index contributed by atoms with van der Waals surface area (Å²) in [5, 5.41) is -0.314. The summed E-state index contributed by atoms with van der Waals surface area (Å²) in [6.07, 6.45) is 0.601. The summed E-state index contributed by atoms with van der Waals surface area (Å²) < 4.78 is 40.5. The second-order valence-corrected chi connectivity index (χ2v) is 7.02. The number of sulfonamides is 1. The first kappa shape index (κ1) is 17.2. The monoisotopic (exact) mass is 323 g/mol. The normalized spacial score (nSPS) is 13.7. The number of benzene rings is 1. The molecule has 0 saturated carbocycles. The largest absolute Gasteiger partial charge is 0.399 e. The van der Waals surface area contributed by atoms with Crippen molar-refractivity contribution in [2.24, 2.45) is 0 Å². The highest BCUT2D eigenvalue weighted by atomic mass is 35.5. The third kappa shape index (κ3) is 4.59. The van der Waals surface area contributed by atoms with Crippen molar-refractivity contribution in [1.29, 1.82) is 0 Å². The Kier molecular flexibility index (Phi) is 5.76. The van der Waals surface area contributed by atoms with E-state index in [4.69, 9.17) is 17.3 Å². The highest BCUT2D eigenvalue weighted by Gasteiger charge is 2.23. The van der Waals surface area contributed by atoms with Gasteiger partial charge in [0.25, 0.3) is 0 Å². The van der Waals surface area contributed by atoms with Crippen LogP contribution < -0.4 is 10.5 Å². The average Bonchev–Trinajstić information content (AvgIpc) is 2.30. The third-order valence-corrected chi connectivity index (χ3v) is 4.54. The predicted molar refractivity (Wildman–Crippen MR) is 78.8 cm³/mol. The highest BCUT2D eigenvalue weighted by molar-refractivity contribution is 7.89. The molecule has 0 radical (unpaired) electrons. The van der Waals surface area contributed by atoms with Crippen LogP contribution in [0.15, 0.2) is 17.0 Å². The molecule has 114 valence electrons. The number of nitrogens with zero attached hydrogens (tertiary/aromatic N) is 1. The fourth-order valence-electron chi connectivity index (χ4n) is 1.62. The van der Waals surface area contributed by atoms with E-state index < -0.39 is 20.7 Å². The smallest absolute Gasteiger partial charge is 0.243 e. The van der Waals surface area contributed by atoms with E-state index in [1.807, 2.05) is 19.0 Å². The zero-order chi connectivity index (χ0) is 15.5. The molecule has 0 aromatic heterocycles. The summed E-state index contributed by atoms with van der Waals surface area (Å²) in [4.78, 5) is 1.40. The number of nitrogens with one attached hydrogen (secondary N) is 1. The second kappa shape index (κ2) is 6.71. The number of halogens is 2. The van der Waals surface area contributed by atoms with Crippen molar-refractivity contribution in [2.75, 3.05) is 26.4 Å². The van der Waals surface area contributed by atoms with Crippen molar-refractivity contribution in [2.45, 2.75) is 24.3 Å². The summed E-state index contributed by atoms with van der Waals surface area (Å²) >= 11 is 5.61. The van der Waals surface area contributed by atoms with Gasteiger partial charge in [0.15, 0.2) is 5.82 Å². The van der Waals surface area contributed by atoms with Gasteiger partial charge in [0, 0.05) is 11.7 Å². The molecular formula is C12H19ClFN3O2S. The van der Waals surface area contributed by atoms with E-state index in [0.29, 0.717) is 13.0 Å². The molecule has 0 heterocycles. The van der Waals surface area contributed by atoms with Gasteiger partial charge in [-0.1, -0.05) is 11.6 Å². The number of hydrogen-bond acceptors (Lipinski definition) is 4. The molecule has 0 aliphatic heterocycles. The topological polar surface area (TPSA) is 75.4 Å². The Hall–Kier alpha value is -0.890. The summed E-state index contributed by atoms with van der Waals surface area (Å²) in [5.74, 6) is -0.992. The maximum atomic E-state index is 13.8. The molecule has 1 unspecified atom stereocenters. The fourth-order valence-corrected chi connectivity index (χ4v) is 3.31. The SMILES string of the molecule is CC(CCN(C)C)NS(=O)(=O)c1cc(N)cc(Cl)c1F.